The Morgan fingerprint density at radius 1 is 0.804 bits per heavy atom. The summed E-state index contributed by atoms with van der Waals surface area (Å²) in [5.41, 5.74) is 4.77. The average Bonchev–Trinajstić information content (AvgIpc) is 3.88. The van der Waals surface area contributed by atoms with Gasteiger partial charge in [-0.1, -0.05) is 24.3 Å². The molecule has 6 heterocycles. The highest BCUT2D eigenvalue weighted by Crippen LogP contribution is 2.28. The maximum Gasteiger partial charge on any atom is 0.273 e. The molecule has 2 unspecified atom stereocenters. The van der Waals surface area contributed by atoms with Gasteiger partial charge in [0.2, 0.25) is 23.9 Å². The van der Waals surface area contributed by atoms with Gasteiger partial charge < -0.3 is 38.8 Å². The van der Waals surface area contributed by atoms with E-state index in [9.17, 15) is 9.59 Å². The van der Waals surface area contributed by atoms with Gasteiger partial charge in [0.15, 0.2) is 17.1 Å². The number of fused-ring (bicyclic) bond motifs is 16. The average molecular weight is 623 g/mol. The number of rotatable bonds is 3. The summed E-state index contributed by atoms with van der Waals surface area (Å²) in [7, 11) is 4.05. The van der Waals surface area contributed by atoms with E-state index in [4.69, 9.17) is 18.0 Å². The third-order valence-corrected chi connectivity index (χ3v) is 7.73. The number of ether oxygens (including phenoxy) is 1. The Kier molecular flexibility index (Phi) is 7.54. The SMILES string of the molecule is CC(Cc1cc2cc(c1)CNC(=O)c1coc(n1)-c1coc(n1)-c1cccc(n1)C1NC(=CO1)c1nc(co1)C(=O)NC2)N(C)C. The molecule has 14 heteroatoms. The molecule has 234 valence electrons. The largest absolute Gasteiger partial charge is 0.470 e. The monoisotopic (exact) mass is 622 g/mol. The lowest BCUT2D eigenvalue weighted by molar-refractivity contribution is 0.0938. The van der Waals surface area contributed by atoms with Crippen LogP contribution in [0.5, 0.6) is 0 Å². The van der Waals surface area contributed by atoms with Crippen molar-refractivity contribution >= 4 is 17.5 Å². The van der Waals surface area contributed by atoms with E-state index in [0.29, 0.717) is 22.8 Å². The molecule has 2 amide bonds. The van der Waals surface area contributed by atoms with Crippen molar-refractivity contribution in [2.75, 3.05) is 14.1 Å². The van der Waals surface area contributed by atoms with Crippen molar-refractivity contribution in [3.8, 4) is 23.2 Å². The standard InChI is InChI=1S/C32H30N8O6/c1-17(40(2)3)7-18-8-19-10-20(9-18)12-34-28(42)24-14-44-32(37-24)26-16-46-30(39-26)22-6-4-5-21(35-22)29-38-25(15-45-29)31-36-23(13-43-31)27(41)33-11-19/h4-6,8-10,13-17,29,38H,7,11-12H2,1-3H3,(H,33,41)(H,34,42). The zero-order valence-electron chi connectivity index (χ0n) is 25.2. The fourth-order valence-electron chi connectivity index (χ4n) is 5.04. The van der Waals surface area contributed by atoms with Crippen molar-refractivity contribution in [1.29, 1.82) is 0 Å². The molecule has 46 heavy (non-hydrogen) atoms. The molecule has 0 spiro atoms. The predicted octanol–water partition coefficient (Wildman–Crippen LogP) is 3.66. The summed E-state index contributed by atoms with van der Waals surface area (Å²) >= 11 is 0. The highest BCUT2D eigenvalue weighted by atomic mass is 16.5. The van der Waals surface area contributed by atoms with Crippen LogP contribution in [0.25, 0.3) is 28.9 Å². The van der Waals surface area contributed by atoms with Crippen LogP contribution in [0.3, 0.4) is 0 Å². The van der Waals surface area contributed by atoms with E-state index < -0.39 is 18.0 Å². The fourth-order valence-corrected chi connectivity index (χ4v) is 5.04. The number of amides is 2. The van der Waals surface area contributed by atoms with E-state index in [2.05, 4.69) is 47.7 Å². The van der Waals surface area contributed by atoms with E-state index in [-0.39, 0.29) is 48.2 Å². The van der Waals surface area contributed by atoms with Crippen LogP contribution >= 0.6 is 0 Å². The van der Waals surface area contributed by atoms with E-state index in [1.54, 1.807) is 18.2 Å². The zero-order valence-corrected chi connectivity index (χ0v) is 25.2. The Bertz CT molecular complexity index is 1960. The maximum atomic E-state index is 13.1. The summed E-state index contributed by atoms with van der Waals surface area (Å²) in [6.45, 7) is 2.61. The molecule has 4 aromatic heterocycles. The highest BCUT2D eigenvalue weighted by molar-refractivity contribution is 5.92. The number of oxazole rings is 3. The molecule has 5 aromatic rings. The number of benzene rings is 1. The molecule has 1 aromatic carbocycles. The molecule has 12 bridgehead atoms. The van der Waals surface area contributed by atoms with Crippen LogP contribution < -0.4 is 16.0 Å². The smallest absolute Gasteiger partial charge is 0.273 e. The molecular formula is C32H30N8O6. The van der Waals surface area contributed by atoms with Crippen molar-refractivity contribution < 1.29 is 27.6 Å². The molecule has 0 radical (unpaired) electrons. The number of aromatic nitrogens is 4. The lowest BCUT2D eigenvalue weighted by Gasteiger charge is -2.20. The lowest BCUT2D eigenvalue weighted by Crippen LogP contribution is -2.27. The van der Waals surface area contributed by atoms with Crippen LogP contribution in [0, 0.1) is 0 Å². The Hall–Kier alpha value is -5.76. The molecule has 2 aliphatic rings. The van der Waals surface area contributed by atoms with Gasteiger partial charge >= 0.3 is 0 Å². The molecule has 0 fully saturated rings. The number of carbonyl (C=O) groups excluding carboxylic acids is 2. The second kappa shape index (κ2) is 12.0. The Morgan fingerprint density at radius 2 is 1.41 bits per heavy atom. The molecule has 3 N–H and O–H groups in total. The van der Waals surface area contributed by atoms with Crippen LogP contribution in [0.1, 0.15) is 62.4 Å². The quantitative estimate of drug-likeness (QED) is 0.267. The molecule has 14 nitrogen and oxygen atoms in total. The molecule has 0 aliphatic carbocycles. The van der Waals surface area contributed by atoms with Gasteiger partial charge in [-0.25, -0.2) is 19.9 Å². The molecule has 0 saturated heterocycles. The molecule has 7 rings (SSSR count). The minimum atomic E-state index is -0.649. The van der Waals surface area contributed by atoms with Crippen molar-refractivity contribution in [1.82, 2.24) is 40.8 Å². The lowest BCUT2D eigenvalue weighted by atomic mass is 10.00. The molecule has 2 aliphatic heterocycles. The third-order valence-electron chi connectivity index (χ3n) is 7.73. The predicted molar refractivity (Wildman–Crippen MR) is 162 cm³/mol. The van der Waals surface area contributed by atoms with Crippen molar-refractivity contribution in [3.05, 3.63) is 101 Å². The Labute approximate surface area is 262 Å². The summed E-state index contributed by atoms with van der Waals surface area (Å²) < 4.78 is 22.6. The van der Waals surface area contributed by atoms with Crippen molar-refractivity contribution in [2.24, 2.45) is 0 Å². The van der Waals surface area contributed by atoms with Gasteiger partial charge in [0, 0.05) is 19.1 Å². The van der Waals surface area contributed by atoms with Crippen LogP contribution in [0.4, 0.5) is 0 Å². The van der Waals surface area contributed by atoms with Crippen LogP contribution in [-0.4, -0.2) is 56.8 Å². The zero-order chi connectivity index (χ0) is 31.8. The third kappa shape index (κ3) is 5.97. The number of nitrogens with one attached hydrogen (secondary N) is 3. The number of hydrogen-bond donors (Lipinski definition) is 3. The number of likely N-dealkylation sites (N-methyl/N-ethyl adjacent to an activating group) is 1. The molecular weight excluding hydrogens is 592 g/mol. The van der Waals surface area contributed by atoms with Gasteiger partial charge in [-0.3, -0.25) is 9.59 Å². The summed E-state index contributed by atoms with van der Waals surface area (Å²) in [6, 6.07) is 11.6. The summed E-state index contributed by atoms with van der Waals surface area (Å²) in [5, 5.41) is 9.00. The van der Waals surface area contributed by atoms with Gasteiger partial charge in [0.1, 0.15) is 42.1 Å². The normalized spacial score (nSPS) is 16.9. The minimum absolute atomic E-state index is 0.0961. The van der Waals surface area contributed by atoms with E-state index >= 15 is 0 Å². The first-order valence-electron chi connectivity index (χ1n) is 14.6. The number of hydrogen-bond acceptors (Lipinski definition) is 12. The first-order valence-corrected chi connectivity index (χ1v) is 14.6. The molecule has 0 saturated carbocycles. The minimum Gasteiger partial charge on any atom is -0.470 e. The Balaban J connectivity index is 1.21. The summed E-state index contributed by atoms with van der Waals surface area (Å²) in [6.07, 6.45) is 5.56. The topological polar surface area (TPSA) is 174 Å². The van der Waals surface area contributed by atoms with Crippen molar-refractivity contribution in [3.63, 3.8) is 0 Å². The number of pyridine rings is 1. The number of nitrogens with zero attached hydrogens (tertiary/aromatic N) is 5. The first-order chi connectivity index (χ1) is 22.3. The van der Waals surface area contributed by atoms with Gasteiger partial charge in [0.25, 0.3) is 11.8 Å². The van der Waals surface area contributed by atoms with E-state index in [1.165, 1.54) is 25.1 Å². The maximum absolute atomic E-state index is 13.1. The summed E-state index contributed by atoms with van der Waals surface area (Å²) in [4.78, 5) is 46.0. The van der Waals surface area contributed by atoms with Gasteiger partial charge in [-0.15, -0.1) is 0 Å². The first kappa shape index (κ1) is 29.0. The van der Waals surface area contributed by atoms with Crippen LogP contribution in [-0.2, 0) is 24.2 Å². The van der Waals surface area contributed by atoms with Crippen LogP contribution in [0.15, 0.2) is 74.7 Å². The van der Waals surface area contributed by atoms with Gasteiger partial charge in [-0.05, 0) is 56.3 Å². The Morgan fingerprint density at radius 3 is 2.11 bits per heavy atom. The summed E-state index contributed by atoms with van der Waals surface area (Å²) in [5.74, 6) is -0.265. The van der Waals surface area contributed by atoms with E-state index in [0.717, 1.165) is 23.1 Å². The highest BCUT2D eigenvalue weighted by Gasteiger charge is 2.26. The van der Waals surface area contributed by atoms with Gasteiger partial charge in [0.05, 0.1) is 0 Å². The van der Waals surface area contributed by atoms with Gasteiger partial charge in [-0.2, -0.15) is 0 Å². The molecule has 2 atom stereocenters. The second-order valence-corrected chi connectivity index (χ2v) is 11.3. The fraction of sp³-hybridized carbons (Fsp3) is 0.250. The second-order valence-electron chi connectivity index (χ2n) is 11.3. The van der Waals surface area contributed by atoms with Crippen molar-refractivity contribution in [2.45, 2.75) is 38.7 Å². The number of carbonyl (C=O) groups is 2. The van der Waals surface area contributed by atoms with E-state index in [1.807, 2.05) is 32.3 Å². The van der Waals surface area contributed by atoms with Crippen LogP contribution in [0.2, 0.25) is 0 Å².